The summed E-state index contributed by atoms with van der Waals surface area (Å²) in [6.07, 6.45) is -5.07. The lowest BCUT2D eigenvalue weighted by Gasteiger charge is -2.28. The maximum Gasteiger partial charge on any atom is 0.422 e. The fraction of sp³-hybridized carbons (Fsp3) is 0.400. The molecule has 1 aromatic rings. The number of rotatable bonds is 5. The molecule has 106 valence electrons. The molecule has 2 N–H and O–H groups in total. The normalized spacial score (nSPS) is 14.7. The number of hydrogen-bond acceptors (Lipinski definition) is 4. The third-order valence-corrected chi connectivity index (χ3v) is 4.36. The maximum absolute atomic E-state index is 12.6. The zero-order valence-electron chi connectivity index (χ0n) is 9.65. The van der Waals surface area contributed by atoms with E-state index < -0.39 is 23.6 Å². The summed E-state index contributed by atoms with van der Waals surface area (Å²) in [5, 5.41) is 11.9. The number of nitrogens with one attached hydrogen (secondary N) is 1. The van der Waals surface area contributed by atoms with Crippen LogP contribution in [0.3, 0.4) is 0 Å². The molecule has 1 aromatic heterocycles. The van der Waals surface area contributed by atoms with E-state index in [2.05, 4.69) is 0 Å². The molecule has 1 amide bonds. The van der Waals surface area contributed by atoms with Gasteiger partial charge in [-0.1, -0.05) is 6.07 Å². The fourth-order valence-corrected chi connectivity index (χ4v) is 2.63. The van der Waals surface area contributed by atoms with Crippen LogP contribution in [-0.2, 0) is 9.59 Å². The maximum atomic E-state index is 12.6. The summed E-state index contributed by atoms with van der Waals surface area (Å²) >= 11 is 2.38. The number of halogens is 3. The third-order valence-electron chi connectivity index (χ3n) is 2.22. The van der Waals surface area contributed by atoms with Crippen molar-refractivity contribution >= 4 is 35.0 Å². The van der Waals surface area contributed by atoms with E-state index in [-0.39, 0.29) is 5.75 Å². The number of aliphatic carboxylic acids is 1. The largest absolute Gasteiger partial charge is 0.479 e. The summed E-state index contributed by atoms with van der Waals surface area (Å²) in [6.45, 7) is 0.420. The van der Waals surface area contributed by atoms with Crippen molar-refractivity contribution < 1.29 is 27.9 Å². The minimum absolute atomic E-state index is 0.278. The number of carboxylic acid groups (broad SMARTS) is 1. The van der Waals surface area contributed by atoms with E-state index in [1.54, 1.807) is 17.5 Å². The standard InChI is InChI=1S/C10H10F3NO3S2/c1-9(8(16)17,10(11,12)13)14-6(15)5-19-7-3-2-4-18-7/h2-4H,5H2,1H3,(H,14,15)(H,16,17). The zero-order valence-corrected chi connectivity index (χ0v) is 11.3. The van der Waals surface area contributed by atoms with Gasteiger partial charge in [-0.3, -0.25) is 4.79 Å². The molecule has 9 heteroatoms. The van der Waals surface area contributed by atoms with Gasteiger partial charge in [-0.05, 0) is 18.4 Å². The van der Waals surface area contributed by atoms with Crippen LogP contribution in [0, 0.1) is 0 Å². The molecule has 0 saturated heterocycles. The first-order chi connectivity index (χ1) is 8.67. The summed E-state index contributed by atoms with van der Waals surface area (Å²) in [4.78, 5) is 22.1. The topological polar surface area (TPSA) is 66.4 Å². The van der Waals surface area contributed by atoms with Crippen LogP contribution < -0.4 is 5.32 Å². The predicted molar refractivity (Wildman–Crippen MR) is 65.3 cm³/mol. The molecule has 0 aromatic carbocycles. The van der Waals surface area contributed by atoms with Crippen molar-refractivity contribution in [3.63, 3.8) is 0 Å². The van der Waals surface area contributed by atoms with E-state index in [0.29, 0.717) is 6.92 Å². The quantitative estimate of drug-likeness (QED) is 0.819. The number of carbonyl (C=O) groups is 2. The van der Waals surface area contributed by atoms with E-state index in [4.69, 9.17) is 5.11 Å². The number of alkyl halides is 3. The summed E-state index contributed by atoms with van der Waals surface area (Å²) in [5.41, 5.74) is -3.28. The highest BCUT2D eigenvalue weighted by Crippen LogP contribution is 2.31. The predicted octanol–water partition coefficient (Wildman–Crippen LogP) is 2.36. The molecular weight excluding hydrogens is 303 g/mol. The Morgan fingerprint density at radius 2 is 2.11 bits per heavy atom. The van der Waals surface area contributed by atoms with Crippen LogP contribution in [-0.4, -0.2) is 34.5 Å². The summed E-state index contributed by atoms with van der Waals surface area (Å²) in [7, 11) is 0. The van der Waals surface area contributed by atoms with Crippen molar-refractivity contribution in [1.82, 2.24) is 5.32 Å². The summed E-state index contributed by atoms with van der Waals surface area (Å²) in [6, 6.07) is 3.45. The summed E-state index contributed by atoms with van der Waals surface area (Å²) < 4.78 is 38.6. The average molecular weight is 313 g/mol. The summed E-state index contributed by atoms with van der Waals surface area (Å²) in [5.74, 6) is -3.41. The number of amides is 1. The fourth-order valence-electron chi connectivity index (χ4n) is 1.04. The van der Waals surface area contributed by atoms with Crippen LogP contribution in [0.25, 0.3) is 0 Å². The Balaban J connectivity index is 2.65. The first kappa shape index (κ1) is 15.8. The Morgan fingerprint density at radius 1 is 1.47 bits per heavy atom. The number of thiophene rings is 1. The van der Waals surface area contributed by atoms with Crippen molar-refractivity contribution in [2.24, 2.45) is 0 Å². The number of carboxylic acids is 1. The molecule has 1 atom stereocenters. The van der Waals surface area contributed by atoms with Crippen LogP contribution in [0.15, 0.2) is 21.7 Å². The second-order valence-electron chi connectivity index (χ2n) is 3.70. The van der Waals surface area contributed by atoms with Gasteiger partial charge in [0.25, 0.3) is 0 Å². The molecule has 0 aliphatic rings. The van der Waals surface area contributed by atoms with Crippen molar-refractivity contribution in [3.05, 3.63) is 17.5 Å². The second-order valence-corrected chi connectivity index (χ2v) is 5.92. The second kappa shape index (κ2) is 5.83. The molecule has 19 heavy (non-hydrogen) atoms. The van der Waals surface area contributed by atoms with Gasteiger partial charge in [-0.15, -0.1) is 23.1 Å². The SMILES string of the molecule is CC(NC(=O)CSc1cccs1)(C(=O)O)C(F)(F)F. The highest BCUT2D eigenvalue weighted by molar-refractivity contribution is 8.01. The molecule has 0 radical (unpaired) electrons. The Kier molecular flexibility index (Phi) is 4.86. The number of thioether (sulfide) groups is 1. The smallest absolute Gasteiger partial charge is 0.422 e. The van der Waals surface area contributed by atoms with E-state index >= 15 is 0 Å². The molecule has 1 heterocycles. The molecule has 0 spiro atoms. The van der Waals surface area contributed by atoms with Crippen molar-refractivity contribution in [3.8, 4) is 0 Å². The van der Waals surface area contributed by atoms with Gasteiger partial charge in [-0.25, -0.2) is 4.79 Å². The van der Waals surface area contributed by atoms with Crippen molar-refractivity contribution in [2.75, 3.05) is 5.75 Å². The molecule has 0 saturated carbocycles. The Morgan fingerprint density at radius 3 is 2.53 bits per heavy atom. The number of carbonyl (C=O) groups excluding carboxylic acids is 1. The van der Waals surface area contributed by atoms with Gasteiger partial charge < -0.3 is 10.4 Å². The van der Waals surface area contributed by atoms with Gasteiger partial charge in [0.1, 0.15) is 0 Å². The lowest BCUT2D eigenvalue weighted by atomic mass is 10.0. The van der Waals surface area contributed by atoms with Crippen LogP contribution in [0.4, 0.5) is 13.2 Å². The van der Waals surface area contributed by atoms with Crippen LogP contribution >= 0.6 is 23.1 Å². The molecule has 4 nitrogen and oxygen atoms in total. The van der Waals surface area contributed by atoms with Crippen LogP contribution in [0.1, 0.15) is 6.92 Å². The van der Waals surface area contributed by atoms with Gasteiger partial charge in [0.05, 0.1) is 9.96 Å². The van der Waals surface area contributed by atoms with Crippen LogP contribution in [0.2, 0.25) is 0 Å². The molecule has 0 aliphatic carbocycles. The van der Waals surface area contributed by atoms with Gasteiger partial charge in [0.15, 0.2) is 0 Å². The molecular formula is C10H10F3NO3S2. The molecule has 0 aliphatic heterocycles. The minimum atomic E-state index is -5.07. The van der Waals surface area contributed by atoms with Crippen molar-refractivity contribution in [1.29, 1.82) is 0 Å². The van der Waals surface area contributed by atoms with Crippen molar-refractivity contribution in [2.45, 2.75) is 22.8 Å². The highest BCUT2D eigenvalue weighted by atomic mass is 32.2. The Bertz CT molecular complexity index is 461. The van der Waals surface area contributed by atoms with Crippen LogP contribution in [0.5, 0.6) is 0 Å². The Hall–Kier alpha value is -1.22. The first-order valence-electron chi connectivity index (χ1n) is 4.94. The number of hydrogen-bond donors (Lipinski definition) is 2. The Labute approximate surface area is 115 Å². The average Bonchev–Trinajstić information content (AvgIpc) is 2.77. The van der Waals surface area contributed by atoms with E-state index in [9.17, 15) is 22.8 Å². The third kappa shape index (κ3) is 3.87. The van der Waals surface area contributed by atoms with Gasteiger partial charge in [-0.2, -0.15) is 13.2 Å². The van der Waals surface area contributed by atoms with E-state index in [1.165, 1.54) is 16.7 Å². The first-order valence-corrected chi connectivity index (χ1v) is 6.81. The van der Waals surface area contributed by atoms with E-state index in [0.717, 1.165) is 16.0 Å². The monoisotopic (exact) mass is 313 g/mol. The van der Waals surface area contributed by atoms with Gasteiger partial charge in [0, 0.05) is 0 Å². The molecule has 0 fully saturated rings. The van der Waals surface area contributed by atoms with Gasteiger partial charge in [0.2, 0.25) is 11.4 Å². The lowest BCUT2D eigenvalue weighted by molar-refractivity contribution is -0.206. The lowest BCUT2D eigenvalue weighted by Crippen LogP contribution is -2.62. The zero-order chi connectivity index (χ0) is 14.7. The van der Waals surface area contributed by atoms with Gasteiger partial charge >= 0.3 is 12.1 Å². The highest BCUT2D eigenvalue weighted by Gasteiger charge is 2.58. The molecule has 1 unspecified atom stereocenters. The minimum Gasteiger partial charge on any atom is -0.479 e. The molecule has 1 rings (SSSR count). The van der Waals surface area contributed by atoms with E-state index in [1.807, 2.05) is 0 Å². The molecule has 0 bridgehead atoms.